The first-order chi connectivity index (χ1) is 9.18. The van der Waals surface area contributed by atoms with Gasteiger partial charge < -0.3 is 15.2 Å². The van der Waals surface area contributed by atoms with Crippen molar-refractivity contribution in [1.82, 2.24) is 5.32 Å². The van der Waals surface area contributed by atoms with E-state index in [1.165, 1.54) is 18.6 Å². The van der Waals surface area contributed by atoms with E-state index in [4.69, 9.17) is 9.84 Å². The second kappa shape index (κ2) is 10.4. The number of hydrogen-bond acceptors (Lipinski definition) is 5. The van der Waals surface area contributed by atoms with Crippen molar-refractivity contribution in [2.75, 3.05) is 25.5 Å². The Balaban J connectivity index is 1.86. The van der Waals surface area contributed by atoms with Crippen LogP contribution in [0.2, 0.25) is 0 Å². The van der Waals surface area contributed by atoms with Gasteiger partial charge in [-0.3, -0.25) is 4.79 Å². The van der Waals surface area contributed by atoms with Crippen LogP contribution in [0.15, 0.2) is 0 Å². The van der Waals surface area contributed by atoms with E-state index >= 15 is 0 Å². The van der Waals surface area contributed by atoms with Crippen molar-refractivity contribution in [2.45, 2.75) is 37.4 Å². The maximum Gasteiger partial charge on any atom is 0.329 e. The summed E-state index contributed by atoms with van der Waals surface area (Å²) in [5.41, 5.74) is 0. The maximum absolute atomic E-state index is 11.4. The Hall–Kier alpha value is -0.400. The smallest absolute Gasteiger partial charge is 0.329 e. The van der Waals surface area contributed by atoms with Crippen LogP contribution in [0.4, 0.5) is 0 Å². The van der Waals surface area contributed by atoms with E-state index in [0.717, 1.165) is 18.1 Å². The summed E-state index contributed by atoms with van der Waals surface area (Å²) in [7, 11) is 3.92. The van der Waals surface area contributed by atoms with Gasteiger partial charge in [0.1, 0.15) is 6.61 Å². The second-order valence-electron chi connectivity index (χ2n) is 4.37. The fourth-order valence-electron chi connectivity index (χ4n) is 1.73. The van der Waals surface area contributed by atoms with E-state index in [1.54, 1.807) is 0 Å². The molecule has 1 rings (SSSR count). The molecule has 110 valence electrons. The molecule has 0 aromatic carbocycles. The minimum atomic E-state index is -0.991. The lowest BCUT2D eigenvalue weighted by Crippen LogP contribution is -2.27. The van der Waals surface area contributed by atoms with Crippen molar-refractivity contribution in [3.8, 4) is 0 Å². The largest absolute Gasteiger partial charge is 0.480 e. The number of carboxylic acid groups (broad SMARTS) is 1. The Morgan fingerprint density at radius 1 is 1.37 bits per heavy atom. The molecule has 7 heteroatoms. The van der Waals surface area contributed by atoms with Crippen LogP contribution in [-0.2, 0) is 14.3 Å². The van der Waals surface area contributed by atoms with Gasteiger partial charge in [-0.25, -0.2) is 4.79 Å². The third kappa shape index (κ3) is 9.18. The Morgan fingerprint density at radius 2 is 2.21 bits per heavy atom. The molecule has 0 aromatic rings. The van der Waals surface area contributed by atoms with Crippen LogP contribution in [0.25, 0.3) is 0 Å². The Kier molecular flexibility index (Phi) is 9.11. The van der Waals surface area contributed by atoms with Gasteiger partial charge in [-0.15, -0.1) is 0 Å². The zero-order valence-electron chi connectivity index (χ0n) is 10.9. The number of amides is 1. The van der Waals surface area contributed by atoms with Crippen molar-refractivity contribution in [2.24, 2.45) is 0 Å². The van der Waals surface area contributed by atoms with Crippen molar-refractivity contribution in [3.63, 3.8) is 0 Å². The lowest BCUT2D eigenvalue weighted by Gasteiger charge is -2.07. The number of aliphatic carboxylic acids is 1. The van der Waals surface area contributed by atoms with Crippen LogP contribution in [-0.4, -0.2) is 47.7 Å². The number of rotatable bonds is 10. The van der Waals surface area contributed by atoms with Crippen molar-refractivity contribution < 1.29 is 19.4 Å². The van der Waals surface area contributed by atoms with E-state index in [9.17, 15) is 9.59 Å². The molecule has 1 atom stereocenters. The standard InChI is InChI=1S/C12H21NO4S2/c14-11(13-6-7-17-9-12(15)16)4-2-1-3-10-5-8-18-19-10/h10H,1-9H2,(H,13,14)(H,15,16)/t10-/m1/s1. The number of hydrogen-bond donors (Lipinski definition) is 2. The molecule has 1 aliphatic rings. The van der Waals surface area contributed by atoms with E-state index in [1.807, 2.05) is 21.6 Å². The van der Waals surface area contributed by atoms with Crippen LogP contribution in [0, 0.1) is 0 Å². The van der Waals surface area contributed by atoms with Gasteiger partial charge >= 0.3 is 5.97 Å². The molecule has 1 amide bonds. The molecule has 0 radical (unpaired) electrons. The number of carbonyl (C=O) groups excluding carboxylic acids is 1. The summed E-state index contributed by atoms with van der Waals surface area (Å²) in [6.45, 7) is 0.308. The minimum Gasteiger partial charge on any atom is -0.480 e. The zero-order valence-corrected chi connectivity index (χ0v) is 12.6. The monoisotopic (exact) mass is 307 g/mol. The highest BCUT2D eigenvalue weighted by Gasteiger charge is 2.15. The first kappa shape index (κ1) is 16.7. The van der Waals surface area contributed by atoms with Crippen molar-refractivity contribution in [1.29, 1.82) is 0 Å². The predicted molar refractivity (Wildman–Crippen MR) is 78.4 cm³/mol. The molecule has 0 aliphatic carbocycles. The molecule has 1 aliphatic heterocycles. The van der Waals surface area contributed by atoms with Gasteiger partial charge in [-0.05, 0) is 19.3 Å². The van der Waals surface area contributed by atoms with Gasteiger partial charge in [0.15, 0.2) is 0 Å². The maximum atomic E-state index is 11.4. The van der Waals surface area contributed by atoms with Crippen molar-refractivity contribution in [3.05, 3.63) is 0 Å². The zero-order chi connectivity index (χ0) is 13.9. The molecule has 2 N–H and O–H groups in total. The van der Waals surface area contributed by atoms with Gasteiger partial charge in [0.05, 0.1) is 6.61 Å². The number of carbonyl (C=O) groups is 2. The summed E-state index contributed by atoms with van der Waals surface area (Å²) in [6.07, 6.45) is 5.06. The van der Waals surface area contributed by atoms with Crippen molar-refractivity contribution >= 4 is 33.5 Å². The van der Waals surface area contributed by atoms with Gasteiger partial charge in [0.25, 0.3) is 0 Å². The fourth-order valence-corrected chi connectivity index (χ4v) is 4.76. The Morgan fingerprint density at radius 3 is 2.89 bits per heavy atom. The molecule has 0 unspecified atom stereocenters. The summed E-state index contributed by atoms with van der Waals surface area (Å²) in [6, 6.07) is 0. The summed E-state index contributed by atoms with van der Waals surface area (Å²) >= 11 is 0. The first-order valence-corrected chi connectivity index (χ1v) is 8.91. The average molecular weight is 307 g/mol. The summed E-state index contributed by atoms with van der Waals surface area (Å²) < 4.78 is 4.82. The summed E-state index contributed by atoms with van der Waals surface area (Å²) in [4.78, 5) is 21.6. The van der Waals surface area contributed by atoms with E-state index in [2.05, 4.69) is 5.32 Å². The second-order valence-corrected chi connectivity index (χ2v) is 7.16. The highest BCUT2D eigenvalue weighted by Crippen LogP contribution is 2.39. The molecule has 5 nitrogen and oxygen atoms in total. The van der Waals surface area contributed by atoms with Crippen LogP contribution in [0.1, 0.15) is 32.1 Å². The number of ether oxygens (including phenoxy) is 1. The SMILES string of the molecule is O=C(O)COCCNC(=O)CCCC[C@@H]1CCSS1. The van der Waals surface area contributed by atoms with Gasteiger partial charge in [-0.2, -0.15) is 0 Å². The lowest BCUT2D eigenvalue weighted by atomic mass is 10.1. The quantitative estimate of drug-likeness (QED) is 0.474. The molecule has 0 saturated carbocycles. The number of carboxylic acids is 1. The molecule has 1 heterocycles. The van der Waals surface area contributed by atoms with Gasteiger partial charge in [0, 0.05) is 24.0 Å². The fraction of sp³-hybridized carbons (Fsp3) is 0.833. The predicted octanol–water partition coefficient (Wildman–Crippen LogP) is 1.92. The van der Waals surface area contributed by atoms with Gasteiger partial charge in [0.2, 0.25) is 5.91 Å². The highest BCUT2D eigenvalue weighted by molar-refractivity contribution is 8.77. The molecular formula is C12H21NO4S2. The third-order valence-corrected chi connectivity index (χ3v) is 5.71. The summed E-state index contributed by atoms with van der Waals surface area (Å²) in [5.74, 6) is 0.285. The Labute approximate surface area is 121 Å². The van der Waals surface area contributed by atoms with E-state index < -0.39 is 5.97 Å². The molecule has 1 saturated heterocycles. The van der Waals surface area contributed by atoms with Crippen LogP contribution in [0.5, 0.6) is 0 Å². The molecule has 1 fully saturated rings. The number of unbranched alkanes of at least 4 members (excludes halogenated alkanes) is 1. The average Bonchev–Trinajstić information content (AvgIpc) is 2.87. The van der Waals surface area contributed by atoms with Crippen LogP contribution >= 0.6 is 21.6 Å². The first-order valence-electron chi connectivity index (χ1n) is 6.53. The molecule has 19 heavy (non-hydrogen) atoms. The minimum absolute atomic E-state index is 0.0207. The lowest BCUT2D eigenvalue weighted by molar-refractivity contribution is -0.142. The highest BCUT2D eigenvalue weighted by atomic mass is 33.1. The van der Waals surface area contributed by atoms with Crippen LogP contribution in [0.3, 0.4) is 0 Å². The van der Waals surface area contributed by atoms with Crippen LogP contribution < -0.4 is 5.32 Å². The molecular weight excluding hydrogens is 286 g/mol. The van der Waals surface area contributed by atoms with Gasteiger partial charge in [-0.1, -0.05) is 28.0 Å². The summed E-state index contributed by atoms with van der Waals surface area (Å²) in [5, 5.41) is 11.8. The normalized spacial score (nSPS) is 18.4. The molecule has 0 aromatic heterocycles. The topological polar surface area (TPSA) is 75.6 Å². The Bertz CT molecular complexity index is 283. The third-order valence-electron chi connectivity index (χ3n) is 2.70. The number of nitrogens with one attached hydrogen (secondary N) is 1. The molecule has 0 bridgehead atoms. The molecule has 0 spiro atoms. The van der Waals surface area contributed by atoms with E-state index in [-0.39, 0.29) is 19.1 Å². The van der Waals surface area contributed by atoms with E-state index in [0.29, 0.717) is 13.0 Å².